The van der Waals surface area contributed by atoms with Gasteiger partial charge in [-0.1, -0.05) is 0 Å². The molecule has 3 rings (SSSR count). The SMILES string of the molecule is CSC1(CNS(=O)(=O)N2CCC(CNC3CC3)CC2)CC1. The fourth-order valence-corrected chi connectivity index (χ4v) is 5.03. The van der Waals surface area contributed by atoms with Gasteiger partial charge in [0.1, 0.15) is 0 Å². The van der Waals surface area contributed by atoms with Crippen LogP contribution in [0.3, 0.4) is 0 Å². The number of thioether (sulfide) groups is 1. The van der Waals surface area contributed by atoms with Gasteiger partial charge in [0, 0.05) is 30.4 Å². The summed E-state index contributed by atoms with van der Waals surface area (Å²) >= 11 is 1.79. The summed E-state index contributed by atoms with van der Waals surface area (Å²) in [7, 11) is -3.28. The number of nitrogens with zero attached hydrogens (tertiary/aromatic N) is 1. The molecule has 0 aromatic rings. The molecule has 1 aliphatic heterocycles. The van der Waals surface area contributed by atoms with E-state index in [1.165, 1.54) is 12.8 Å². The van der Waals surface area contributed by atoms with Crippen molar-refractivity contribution in [2.24, 2.45) is 5.92 Å². The molecule has 0 amide bonds. The van der Waals surface area contributed by atoms with Crippen LogP contribution in [0.5, 0.6) is 0 Å². The van der Waals surface area contributed by atoms with Crippen LogP contribution in [0, 0.1) is 5.92 Å². The van der Waals surface area contributed by atoms with Crippen molar-refractivity contribution in [1.29, 1.82) is 0 Å². The van der Waals surface area contributed by atoms with E-state index < -0.39 is 10.2 Å². The van der Waals surface area contributed by atoms with Crippen molar-refractivity contribution < 1.29 is 8.42 Å². The largest absolute Gasteiger partial charge is 0.314 e. The third-order valence-corrected chi connectivity index (χ3v) is 7.98. The van der Waals surface area contributed by atoms with Crippen molar-refractivity contribution in [3.05, 3.63) is 0 Å². The quantitative estimate of drug-likeness (QED) is 0.700. The van der Waals surface area contributed by atoms with Gasteiger partial charge < -0.3 is 5.32 Å². The van der Waals surface area contributed by atoms with Crippen LogP contribution in [-0.2, 0) is 10.2 Å². The van der Waals surface area contributed by atoms with Gasteiger partial charge in [0.2, 0.25) is 0 Å². The van der Waals surface area contributed by atoms with Crippen LogP contribution < -0.4 is 10.0 Å². The summed E-state index contributed by atoms with van der Waals surface area (Å²) in [5, 5.41) is 3.55. The van der Waals surface area contributed by atoms with Gasteiger partial charge in [-0.15, -0.1) is 0 Å². The summed E-state index contributed by atoms with van der Waals surface area (Å²) in [5.74, 6) is 0.637. The van der Waals surface area contributed by atoms with Crippen molar-refractivity contribution in [3.63, 3.8) is 0 Å². The van der Waals surface area contributed by atoms with Gasteiger partial charge in [-0.25, -0.2) is 4.72 Å². The molecule has 2 aliphatic carbocycles. The Hall–Kier alpha value is 0.180. The zero-order valence-corrected chi connectivity index (χ0v) is 14.4. The number of hydrogen-bond donors (Lipinski definition) is 2. The fourth-order valence-electron chi connectivity index (χ4n) is 2.88. The summed E-state index contributed by atoms with van der Waals surface area (Å²) in [6, 6.07) is 0.745. The summed E-state index contributed by atoms with van der Waals surface area (Å²) < 4.78 is 29.3. The van der Waals surface area contributed by atoms with Gasteiger partial charge in [0.25, 0.3) is 10.2 Å². The molecule has 1 heterocycles. The molecule has 3 fully saturated rings. The Morgan fingerprint density at radius 3 is 2.38 bits per heavy atom. The molecule has 21 heavy (non-hydrogen) atoms. The molecule has 0 aromatic carbocycles. The summed E-state index contributed by atoms with van der Waals surface area (Å²) in [6.45, 7) is 2.97. The highest BCUT2D eigenvalue weighted by atomic mass is 32.2. The first kappa shape index (κ1) is 16.1. The van der Waals surface area contributed by atoms with E-state index in [0.29, 0.717) is 25.6 Å². The van der Waals surface area contributed by atoms with Crippen LogP contribution in [0.2, 0.25) is 0 Å². The number of rotatable bonds is 8. The summed E-state index contributed by atoms with van der Waals surface area (Å²) in [5.41, 5.74) is 0. The molecule has 3 aliphatic rings. The second kappa shape index (κ2) is 6.35. The molecule has 0 radical (unpaired) electrons. The third kappa shape index (κ3) is 4.34. The van der Waals surface area contributed by atoms with E-state index >= 15 is 0 Å². The van der Waals surface area contributed by atoms with Crippen molar-refractivity contribution in [3.8, 4) is 0 Å². The Balaban J connectivity index is 1.41. The average molecular weight is 334 g/mol. The Labute approximate surface area is 132 Å². The van der Waals surface area contributed by atoms with Gasteiger partial charge in [0.15, 0.2) is 0 Å². The Bertz CT molecular complexity index is 453. The predicted octanol–water partition coefficient (Wildman–Crippen LogP) is 1.18. The number of nitrogens with one attached hydrogen (secondary N) is 2. The number of piperidine rings is 1. The van der Waals surface area contributed by atoms with Gasteiger partial charge in [-0.2, -0.15) is 24.5 Å². The maximum absolute atomic E-state index is 12.3. The first-order valence-corrected chi connectivity index (χ1v) is 10.7. The van der Waals surface area contributed by atoms with Gasteiger partial charge >= 0.3 is 0 Å². The maximum atomic E-state index is 12.3. The van der Waals surface area contributed by atoms with Crippen molar-refractivity contribution in [2.75, 3.05) is 32.4 Å². The molecule has 2 saturated carbocycles. The molecular formula is C14H27N3O2S2. The van der Waals surface area contributed by atoms with Crippen LogP contribution >= 0.6 is 11.8 Å². The molecule has 5 nitrogen and oxygen atoms in total. The first-order chi connectivity index (χ1) is 10.0. The normalized spacial score (nSPS) is 26.9. The monoisotopic (exact) mass is 333 g/mol. The molecule has 2 N–H and O–H groups in total. The minimum Gasteiger partial charge on any atom is -0.314 e. The lowest BCUT2D eigenvalue weighted by Crippen LogP contribution is -2.47. The molecule has 122 valence electrons. The Morgan fingerprint density at radius 2 is 1.86 bits per heavy atom. The van der Waals surface area contributed by atoms with Gasteiger partial charge in [-0.3, -0.25) is 0 Å². The molecule has 0 bridgehead atoms. The molecule has 1 saturated heterocycles. The highest BCUT2D eigenvalue weighted by Gasteiger charge is 2.43. The fraction of sp³-hybridized carbons (Fsp3) is 1.00. The van der Waals surface area contributed by atoms with Crippen LogP contribution in [0.25, 0.3) is 0 Å². The van der Waals surface area contributed by atoms with E-state index in [4.69, 9.17) is 0 Å². The van der Waals surface area contributed by atoms with E-state index in [0.717, 1.165) is 38.3 Å². The third-order valence-electron chi connectivity index (χ3n) is 5.00. The Kier molecular flexibility index (Phi) is 4.86. The smallest absolute Gasteiger partial charge is 0.279 e. The zero-order valence-electron chi connectivity index (χ0n) is 12.8. The van der Waals surface area contributed by atoms with Crippen LogP contribution in [0.4, 0.5) is 0 Å². The average Bonchev–Trinajstić information content (AvgIpc) is 3.39. The summed E-state index contributed by atoms with van der Waals surface area (Å²) in [6.07, 6.45) is 8.92. The number of hydrogen-bond acceptors (Lipinski definition) is 4. The van der Waals surface area contributed by atoms with Gasteiger partial charge in [-0.05, 0) is 57.2 Å². The minimum absolute atomic E-state index is 0.180. The van der Waals surface area contributed by atoms with Crippen molar-refractivity contribution >= 4 is 22.0 Å². The van der Waals surface area contributed by atoms with Crippen LogP contribution in [-0.4, -0.2) is 55.9 Å². The lowest BCUT2D eigenvalue weighted by molar-refractivity contribution is 0.264. The first-order valence-electron chi connectivity index (χ1n) is 8.06. The van der Waals surface area contributed by atoms with E-state index in [1.54, 1.807) is 16.1 Å². The second-order valence-corrected chi connectivity index (χ2v) is 9.77. The summed E-state index contributed by atoms with van der Waals surface area (Å²) in [4.78, 5) is 0. The molecule has 0 spiro atoms. The van der Waals surface area contributed by atoms with Crippen molar-refractivity contribution in [1.82, 2.24) is 14.3 Å². The maximum Gasteiger partial charge on any atom is 0.279 e. The highest BCUT2D eigenvalue weighted by molar-refractivity contribution is 8.00. The predicted molar refractivity (Wildman–Crippen MR) is 87.7 cm³/mol. The van der Waals surface area contributed by atoms with E-state index in [9.17, 15) is 8.42 Å². The lowest BCUT2D eigenvalue weighted by atomic mass is 9.98. The van der Waals surface area contributed by atoms with Gasteiger partial charge in [0.05, 0.1) is 0 Å². The van der Waals surface area contributed by atoms with E-state index in [1.807, 2.05) is 0 Å². The van der Waals surface area contributed by atoms with Crippen molar-refractivity contribution in [2.45, 2.75) is 49.3 Å². The van der Waals surface area contributed by atoms with E-state index in [-0.39, 0.29) is 4.75 Å². The molecule has 0 unspecified atom stereocenters. The minimum atomic E-state index is -3.28. The van der Waals surface area contributed by atoms with Crippen LogP contribution in [0.1, 0.15) is 38.5 Å². The molecular weight excluding hydrogens is 306 g/mol. The molecule has 0 atom stereocenters. The zero-order chi connectivity index (χ0) is 14.9. The molecule has 7 heteroatoms. The lowest BCUT2D eigenvalue weighted by Gasteiger charge is -2.31. The Morgan fingerprint density at radius 1 is 1.19 bits per heavy atom. The molecule has 0 aromatic heterocycles. The highest BCUT2D eigenvalue weighted by Crippen LogP contribution is 2.46. The standard InChI is InChI=1S/C14H27N3O2S2/c1-20-14(6-7-14)11-16-21(18,19)17-8-4-12(5-9-17)10-15-13-2-3-13/h12-13,15-16H,2-11H2,1H3. The topological polar surface area (TPSA) is 61.4 Å². The second-order valence-electron chi connectivity index (χ2n) is 6.74. The van der Waals surface area contributed by atoms with E-state index in [2.05, 4.69) is 16.3 Å². The van der Waals surface area contributed by atoms with Crippen LogP contribution in [0.15, 0.2) is 0 Å².